The van der Waals surface area contributed by atoms with Crippen molar-refractivity contribution in [2.45, 2.75) is 33.1 Å². The first-order valence-electron chi connectivity index (χ1n) is 13.1. The molecule has 3 aromatic carbocycles. The molecule has 0 amide bonds. The molecule has 0 aliphatic rings. The van der Waals surface area contributed by atoms with Crippen molar-refractivity contribution in [3.05, 3.63) is 102 Å². The van der Waals surface area contributed by atoms with E-state index in [4.69, 9.17) is 16.0 Å². The summed E-state index contributed by atoms with van der Waals surface area (Å²) in [6.45, 7) is 15.5. The Morgan fingerprint density at radius 2 is 1.63 bits per heavy atom. The molecule has 0 aliphatic heterocycles. The molecule has 0 unspecified atom stereocenters. The Bertz CT molecular complexity index is 1390. The molecule has 4 rings (SSSR count). The number of ether oxygens (including phenoxy) is 2. The summed E-state index contributed by atoms with van der Waals surface area (Å²) in [5.41, 5.74) is 3.10. The number of aromatic nitrogens is 1. The third-order valence-electron chi connectivity index (χ3n) is 6.47. The van der Waals surface area contributed by atoms with Crippen molar-refractivity contribution in [1.82, 2.24) is 9.88 Å². The molecule has 0 aliphatic carbocycles. The van der Waals surface area contributed by atoms with Crippen LogP contribution in [0.15, 0.2) is 79.0 Å². The van der Waals surface area contributed by atoms with Gasteiger partial charge in [0.2, 0.25) is 5.69 Å². The van der Waals surface area contributed by atoms with Gasteiger partial charge in [0.15, 0.2) is 0 Å². The first-order chi connectivity index (χ1) is 18.6. The number of Topliss-reactive ketones (excluding diaryl/α,β-unsaturated/α-hetero) is 1. The minimum atomic E-state index is 0.169. The largest absolute Gasteiger partial charge is 0.504 e. The molecular weight excluding hydrogens is 474 g/mol. The van der Waals surface area contributed by atoms with Crippen molar-refractivity contribution >= 4 is 22.4 Å². The van der Waals surface area contributed by atoms with Crippen molar-refractivity contribution in [3.63, 3.8) is 0 Å². The molecule has 6 heteroatoms. The Morgan fingerprint density at radius 1 is 0.921 bits per heavy atom. The van der Waals surface area contributed by atoms with Gasteiger partial charge in [0.25, 0.3) is 0 Å². The number of carbonyl (C=O) groups excluding carboxylic acids is 1. The van der Waals surface area contributed by atoms with E-state index in [9.17, 15) is 4.79 Å². The van der Waals surface area contributed by atoms with Gasteiger partial charge in [-0.15, -0.1) is 0 Å². The molecule has 6 nitrogen and oxygen atoms in total. The number of pyridine rings is 1. The monoisotopic (exact) mass is 507 g/mol. The second-order valence-corrected chi connectivity index (χ2v) is 9.11. The smallest absolute Gasteiger partial charge is 0.229 e. The van der Waals surface area contributed by atoms with E-state index in [2.05, 4.69) is 28.6 Å². The van der Waals surface area contributed by atoms with E-state index >= 15 is 0 Å². The molecule has 0 saturated heterocycles. The number of carbonyl (C=O) groups is 1. The topological polar surface area (TPSA) is 56.0 Å². The molecule has 0 N–H and O–H groups in total. The number of hydrogen-bond donors (Lipinski definition) is 0. The first-order valence-corrected chi connectivity index (χ1v) is 13.1. The molecule has 0 fully saturated rings. The van der Waals surface area contributed by atoms with Gasteiger partial charge in [-0.2, -0.15) is 0 Å². The van der Waals surface area contributed by atoms with Gasteiger partial charge in [0.05, 0.1) is 18.7 Å². The van der Waals surface area contributed by atoms with E-state index in [1.807, 2.05) is 60.7 Å². The van der Waals surface area contributed by atoms with Gasteiger partial charge in [-0.1, -0.05) is 56.3 Å². The summed E-state index contributed by atoms with van der Waals surface area (Å²) in [5.74, 6) is 1.97. The van der Waals surface area contributed by atoms with E-state index in [-0.39, 0.29) is 5.78 Å². The fraction of sp³-hybridized carbons (Fsp3) is 0.281. The van der Waals surface area contributed by atoms with Crippen molar-refractivity contribution in [2.24, 2.45) is 0 Å². The highest BCUT2D eigenvalue weighted by molar-refractivity contribution is 5.91. The lowest BCUT2D eigenvalue weighted by molar-refractivity contribution is -0.117. The molecule has 0 radical (unpaired) electrons. The standard InChI is InChI=1S/C32H33N3O3/c1-4-35(5-2)18-9-19-37-32-23-29-28(22-30(32)33-3)31(16-17-34-29)38-27-14-12-25(13-15-27)21-26(36)20-24-10-7-6-8-11-24/h6-8,10-17,22-23H,4-5,9,18-21H2,1-2H3. The van der Waals surface area contributed by atoms with Crippen LogP contribution in [-0.2, 0) is 17.6 Å². The van der Waals surface area contributed by atoms with Crippen molar-refractivity contribution in [2.75, 3.05) is 26.2 Å². The van der Waals surface area contributed by atoms with Gasteiger partial charge in [-0.25, -0.2) is 4.85 Å². The molecule has 1 aromatic heterocycles. The van der Waals surface area contributed by atoms with E-state index in [1.165, 1.54) is 0 Å². The summed E-state index contributed by atoms with van der Waals surface area (Å²) in [6, 6.07) is 22.7. The fourth-order valence-electron chi connectivity index (χ4n) is 4.35. The lowest BCUT2D eigenvalue weighted by Gasteiger charge is -2.18. The van der Waals surface area contributed by atoms with Gasteiger partial charge >= 0.3 is 0 Å². The maximum Gasteiger partial charge on any atom is 0.229 e. The summed E-state index contributed by atoms with van der Waals surface area (Å²) >= 11 is 0. The molecule has 0 spiro atoms. The van der Waals surface area contributed by atoms with Crippen molar-refractivity contribution in [3.8, 4) is 17.2 Å². The maximum atomic E-state index is 12.5. The van der Waals surface area contributed by atoms with Crippen LogP contribution in [0, 0.1) is 6.57 Å². The van der Waals surface area contributed by atoms with Crippen LogP contribution in [0.2, 0.25) is 0 Å². The molecule has 38 heavy (non-hydrogen) atoms. The number of rotatable bonds is 13. The van der Waals surface area contributed by atoms with Crippen LogP contribution in [-0.4, -0.2) is 41.9 Å². The minimum absolute atomic E-state index is 0.169. The second-order valence-electron chi connectivity index (χ2n) is 9.11. The van der Waals surface area contributed by atoms with Gasteiger partial charge in [-0.3, -0.25) is 9.78 Å². The molecule has 0 saturated carbocycles. The predicted molar refractivity (Wildman–Crippen MR) is 151 cm³/mol. The van der Waals surface area contributed by atoms with Crippen LogP contribution < -0.4 is 9.47 Å². The number of hydrogen-bond acceptors (Lipinski definition) is 5. The SMILES string of the molecule is [C-]#[N+]c1cc2c(Oc3ccc(CC(=O)Cc4ccccc4)cc3)ccnc2cc1OCCCN(CC)CC. The molecule has 4 aromatic rings. The highest BCUT2D eigenvalue weighted by atomic mass is 16.5. The van der Waals surface area contributed by atoms with E-state index in [0.29, 0.717) is 47.9 Å². The molecular formula is C32H33N3O3. The molecule has 0 bridgehead atoms. The Morgan fingerprint density at radius 3 is 2.32 bits per heavy atom. The number of benzene rings is 3. The van der Waals surface area contributed by atoms with Crippen LogP contribution in [0.5, 0.6) is 17.2 Å². The van der Waals surface area contributed by atoms with Crippen molar-refractivity contribution in [1.29, 1.82) is 0 Å². The van der Waals surface area contributed by atoms with E-state index in [0.717, 1.165) is 42.6 Å². The minimum Gasteiger partial charge on any atom is -0.504 e. The summed E-state index contributed by atoms with van der Waals surface area (Å²) in [4.78, 5) is 23.0. The quantitative estimate of drug-likeness (QED) is 0.143. The lowest BCUT2D eigenvalue weighted by Crippen LogP contribution is -2.25. The van der Waals surface area contributed by atoms with Crippen LogP contribution in [0.25, 0.3) is 15.7 Å². The summed E-state index contributed by atoms with van der Waals surface area (Å²) in [7, 11) is 0. The number of nitrogens with zero attached hydrogens (tertiary/aromatic N) is 3. The second kappa shape index (κ2) is 13.4. The highest BCUT2D eigenvalue weighted by Gasteiger charge is 2.12. The van der Waals surface area contributed by atoms with Crippen molar-refractivity contribution < 1.29 is 14.3 Å². The number of ketones is 1. The Kier molecular flexibility index (Phi) is 9.44. The normalized spacial score (nSPS) is 10.9. The third kappa shape index (κ3) is 7.18. The Labute approximate surface area is 224 Å². The Hall–Kier alpha value is -4.21. The van der Waals surface area contributed by atoms with Crippen LogP contribution >= 0.6 is 0 Å². The Balaban J connectivity index is 1.42. The highest BCUT2D eigenvalue weighted by Crippen LogP contribution is 2.37. The zero-order chi connectivity index (χ0) is 26.7. The predicted octanol–water partition coefficient (Wildman–Crippen LogP) is 7.04. The maximum absolute atomic E-state index is 12.5. The van der Waals surface area contributed by atoms with E-state index < -0.39 is 0 Å². The van der Waals surface area contributed by atoms with Gasteiger partial charge in [0, 0.05) is 31.0 Å². The summed E-state index contributed by atoms with van der Waals surface area (Å²) in [6.07, 6.45) is 3.38. The van der Waals surface area contributed by atoms with Crippen LogP contribution in [0.3, 0.4) is 0 Å². The molecule has 1 heterocycles. The third-order valence-corrected chi connectivity index (χ3v) is 6.47. The van der Waals surface area contributed by atoms with Crippen LogP contribution in [0.1, 0.15) is 31.4 Å². The van der Waals surface area contributed by atoms with Gasteiger partial charge in [0.1, 0.15) is 23.0 Å². The summed E-state index contributed by atoms with van der Waals surface area (Å²) in [5, 5.41) is 0.746. The number of fused-ring (bicyclic) bond motifs is 1. The fourth-order valence-corrected chi connectivity index (χ4v) is 4.35. The molecule has 0 atom stereocenters. The van der Waals surface area contributed by atoms with Crippen LogP contribution in [0.4, 0.5) is 5.69 Å². The van der Waals surface area contributed by atoms with E-state index in [1.54, 1.807) is 18.3 Å². The average molecular weight is 508 g/mol. The summed E-state index contributed by atoms with van der Waals surface area (Å²) < 4.78 is 12.1. The lowest BCUT2D eigenvalue weighted by atomic mass is 10.0. The average Bonchev–Trinajstić information content (AvgIpc) is 2.94. The zero-order valence-electron chi connectivity index (χ0n) is 22.0. The first kappa shape index (κ1) is 26.8. The van der Waals surface area contributed by atoms with Gasteiger partial charge < -0.3 is 14.4 Å². The molecule has 194 valence electrons. The van der Waals surface area contributed by atoms with Gasteiger partial charge in [-0.05, 0) is 61.0 Å². The zero-order valence-corrected chi connectivity index (χ0v) is 22.0.